The molecule has 0 aliphatic rings. The summed E-state index contributed by atoms with van der Waals surface area (Å²) in [7, 11) is 0. The van der Waals surface area contributed by atoms with Crippen LogP contribution in [0.5, 0.6) is 0 Å². The van der Waals surface area contributed by atoms with Crippen LogP contribution in [0.15, 0.2) is 5.22 Å². The van der Waals surface area contributed by atoms with Crippen molar-refractivity contribution < 1.29 is 22.4 Å². The maximum atomic E-state index is 5.61. The fourth-order valence-electron chi connectivity index (χ4n) is 0. The quantitative estimate of drug-likeness (QED) is 0.387. The first-order valence-electron chi connectivity index (χ1n) is 0.482. The fourth-order valence-corrected chi connectivity index (χ4v) is 0. The molecular weight excluding hydrogens is 294 g/mol. The third-order valence-corrected chi connectivity index (χ3v) is 0. The monoisotopic (exact) mass is 298 g/mol. The molecule has 3 nitrogen and oxygen atoms in total. The van der Waals surface area contributed by atoms with Gasteiger partial charge in [-0.15, -0.1) is 24.8 Å². The van der Waals surface area contributed by atoms with Gasteiger partial charge in [0.05, 0.1) is 0 Å². The van der Waals surface area contributed by atoms with Crippen LogP contribution in [0.25, 0.3) is 0 Å². The van der Waals surface area contributed by atoms with Gasteiger partial charge in [-0.25, -0.2) is 0 Å². The van der Waals surface area contributed by atoms with Crippen molar-refractivity contribution >= 4 is 24.8 Å². The molecular formula is H5Cl2N3Ta. The molecule has 3 N–H and O–H groups in total. The van der Waals surface area contributed by atoms with Crippen molar-refractivity contribution in [3.63, 3.8) is 0 Å². The van der Waals surface area contributed by atoms with Crippen molar-refractivity contribution in [3.8, 4) is 0 Å². The molecule has 6 heteroatoms. The normalized spacial score (nSPS) is 2.00. The molecule has 1 radical (unpaired) electrons. The van der Waals surface area contributed by atoms with E-state index in [4.69, 9.17) is 5.53 Å². The summed E-state index contributed by atoms with van der Waals surface area (Å²) in [6.07, 6.45) is 0. The van der Waals surface area contributed by atoms with E-state index in [2.05, 4.69) is 11.1 Å². The smallest absolute Gasteiger partial charge is 0 e. The maximum absolute atomic E-state index is 5.61. The van der Waals surface area contributed by atoms with Crippen LogP contribution in [-0.2, 0) is 22.4 Å². The molecule has 6 heavy (non-hydrogen) atoms. The summed E-state index contributed by atoms with van der Waals surface area (Å²) in [5.41, 5.74) is 5.61. The van der Waals surface area contributed by atoms with E-state index in [0.717, 1.165) is 0 Å². The van der Waals surface area contributed by atoms with Crippen LogP contribution in [-0.4, -0.2) is 0 Å². The van der Waals surface area contributed by atoms with Gasteiger partial charge in [-0.05, 0) is 0 Å². The molecule has 0 aromatic heterocycles. The van der Waals surface area contributed by atoms with E-state index in [9.17, 15) is 0 Å². The first-order chi connectivity index (χ1) is 1.41. The van der Waals surface area contributed by atoms with Crippen molar-refractivity contribution in [2.45, 2.75) is 0 Å². The molecule has 0 saturated carbocycles. The van der Waals surface area contributed by atoms with Gasteiger partial charge in [0, 0.05) is 22.4 Å². The topological polar surface area (TPSA) is 62.2 Å². The van der Waals surface area contributed by atoms with Gasteiger partial charge in [0.25, 0.3) is 0 Å². The Morgan fingerprint density at radius 2 is 1.33 bits per heavy atom. The van der Waals surface area contributed by atoms with Crippen LogP contribution < -0.4 is 5.84 Å². The second kappa shape index (κ2) is 43.1. The van der Waals surface area contributed by atoms with Crippen molar-refractivity contribution in [2.24, 2.45) is 11.1 Å². The predicted molar refractivity (Wildman–Crippen MR) is 23.8 cm³/mol. The second-order valence-electron chi connectivity index (χ2n) is 0.129. The van der Waals surface area contributed by atoms with Crippen LogP contribution in [0.4, 0.5) is 0 Å². The Balaban J connectivity index is -0.00000000667. The number of hydrogen-bond acceptors (Lipinski definition) is 2. The summed E-state index contributed by atoms with van der Waals surface area (Å²) in [5.74, 6) is 4.14. The molecule has 0 unspecified atom stereocenters. The van der Waals surface area contributed by atoms with E-state index < -0.39 is 0 Å². The predicted octanol–water partition coefficient (Wildman–Crippen LogP) is 0.732. The third kappa shape index (κ3) is 126. The summed E-state index contributed by atoms with van der Waals surface area (Å²) in [6, 6.07) is 0. The molecule has 0 rings (SSSR count). The van der Waals surface area contributed by atoms with Crippen molar-refractivity contribution in [2.75, 3.05) is 0 Å². The van der Waals surface area contributed by atoms with Gasteiger partial charge >= 0.3 is 0 Å². The standard InChI is InChI=1S/2ClH.H3N3.Ta/c;;1-3-2;/h2*1H;(H3,1,2);. The van der Waals surface area contributed by atoms with Crippen molar-refractivity contribution in [1.29, 1.82) is 5.53 Å². The van der Waals surface area contributed by atoms with Crippen LogP contribution >= 0.6 is 24.8 Å². The Kier molecular flexibility index (Phi) is 213. The molecule has 0 fully saturated rings. The molecule has 0 bridgehead atoms. The minimum Gasteiger partial charge on any atom is -0.305 e. The Bertz CT molecular complexity index is 16.3. The number of nitrogens with one attached hydrogen (secondary N) is 1. The summed E-state index contributed by atoms with van der Waals surface area (Å²) < 4.78 is 0. The second-order valence-corrected chi connectivity index (χ2v) is 0.129. The van der Waals surface area contributed by atoms with E-state index in [1.165, 1.54) is 0 Å². The molecule has 0 amide bonds. The van der Waals surface area contributed by atoms with Gasteiger partial charge in [0.15, 0.2) is 0 Å². The summed E-state index contributed by atoms with van der Waals surface area (Å²) >= 11 is 0. The first kappa shape index (κ1) is 29.7. The molecule has 39 valence electrons. The van der Waals surface area contributed by atoms with Gasteiger partial charge in [0.2, 0.25) is 0 Å². The SMILES string of the molecule is Cl.Cl.N=NN.[Ta]. The Morgan fingerprint density at radius 1 is 1.33 bits per heavy atom. The number of rotatable bonds is 0. The van der Waals surface area contributed by atoms with Crippen LogP contribution in [0.1, 0.15) is 0 Å². The zero-order valence-corrected chi connectivity index (χ0v) is 7.63. The van der Waals surface area contributed by atoms with E-state index in [0.29, 0.717) is 0 Å². The molecule has 0 atom stereocenters. The first-order valence-corrected chi connectivity index (χ1v) is 0.482. The summed E-state index contributed by atoms with van der Waals surface area (Å²) in [6.45, 7) is 0. The van der Waals surface area contributed by atoms with E-state index in [1.807, 2.05) is 0 Å². The summed E-state index contributed by atoms with van der Waals surface area (Å²) in [4.78, 5) is 0. The van der Waals surface area contributed by atoms with E-state index in [-0.39, 0.29) is 47.2 Å². The number of nitrogens with two attached hydrogens (primary N) is 1. The van der Waals surface area contributed by atoms with Gasteiger partial charge < -0.3 is 5.84 Å². The summed E-state index contributed by atoms with van der Waals surface area (Å²) in [5, 5.41) is 2.25. The molecule has 0 saturated heterocycles. The molecule has 0 aromatic rings. The fraction of sp³-hybridized carbons (Fsp3) is 0. The van der Waals surface area contributed by atoms with Gasteiger partial charge in [-0.1, -0.05) is 5.22 Å². The Hall–Kier alpha value is 0.720. The Morgan fingerprint density at radius 3 is 1.33 bits per heavy atom. The molecule has 0 heterocycles. The van der Waals surface area contributed by atoms with Crippen molar-refractivity contribution in [1.82, 2.24) is 0 Å². The zero-order chi connectivity index (χ0) is 2.71. The average Bonchev–Trinajstić information content (AvgIpc) is 0.918. The maximum Gasteiger partial charge on any atom is 0 e. The number of halogens is 2. The minimum atomic E-state index is 0. The zero-order valence-electron chi connectivity index (χ0n) is 2.79. The van der Waals surface area contributed by atoms with Crippen LogP contribution in [0.2, 0.25) is 0 Å². The van der Waals surface area contributed by atoms with Crippen LogP contribution in [0.3, 0.4) is 0 Å². The van der Waals surface area contributed by atoms with Gasteiger partial charge in [-0.2, -0.15) is 5.53 Å². The van der Waals surface area contributed by atoms with E-state index in [1.54, 1.807) is 0 Å². The molecule has 0 aliphatic heterocycles. The number of nitrogens with zero attached hydrogens (tertiary/aromatic N) is 1. The van der Waals surface area contributed by atoms with Gasteiger partial charge in [0.1, 0.15) is 0 Å². The van der Waals surface area contributed by atoms with Crippen LogP contribution in [0, 0.1) is 5.53 Å². The third-order valence-electron chi connectivity index (χ3n) is 0. The largest absolute Gasteiger partial charge is 0.305 e. The molecule has 0 spiro atoms. The van der Waals surface area contributed by atoms with E-state index >= 15 is 0 Å². The van der Waals surface area contributed by atoms with Crippen molar-refractivity contribution in [3.05, 3.63) is 0 Å². The average molecular weight is 299 g/mol. The van der Waals surface area contributed by atoms with Gasteiger partial charge in [-0.3, -0.25) is 0 Å². The minimum absolute atomic E-state index is 0. The molecule has 0 aliphatic carbocycles. The molecule has 0 aromatic carbocycles. The number of hydrogen-bond donors (Lipinski definition) is 2. The Labute approximate surface area is 63.9 Å².